The van der Waals surface area contributed by atoms with E-state index in [9.17, 15) is 0 Å². The second-order valence-corrected chi connectivity index (χ2v) is 6.02. The van der Waals surface area contributed by atoms with Gasteiger partial charge in [-0.3, -0.25) is 0 Å². The van der Waals surface area contributed by atoms with E-state index in [0.29, 0.717) is 12.1 Å². The van der Waals surface area contributed by atoms with Gasteiger partial charge in [0.05, 0.1) is 6.10 Å². The lowest BCUT2D eigenvalue weighted by Gasteiger charge is -2.24. The predicted octanol–water partition coefficient (Wildman–Crippen LogP) is 4.20. The lowest BCUT2D eigenvalue weighted by Crippen LogP contribution is -2.24. The molecule has 1 fully saturated rings. The maximum atomic E-state index is 6.23. The largest absolute Gasteiger partial charge is 0.490 e. The Bertz CT molecular complexity index is 394. The van der Waals surface area contributed by atoms with Crippen LogP contribution in [0.5, 0.6) is 5.75 Å². The van der Waals surface area contributed by atoms with E-state index in [2.05, 4.69) is 44.3 Å². The third kappa shape index (κ3) is 4.54. The summed E-state index contributed by atoms with van der Waals surface area (Å²) in [6.45, 7) is 7.39. The van der Waals surface area contributed by atoms with Crippen LogP contribution < -0.4 is 10.1 Å². The molecule has 0 heterocycles. The second-order valence-electron chi connectivity index (χ2n) is 6.02. The van der Waals surface area contributed by atoms with Crippen molar-refractivity contribution in [3.63, 3.8) is 0 Å². The molecule has 1 aliphatic rings. The van der Waals surface area contributed by atoms with Gasteiger partial charge in [0.2, 0.25) is 0 Å². The number of ether oxygens (including phenoxy) is 1. The molecule has 0 aromatic heterocycles. The van der Waals surface area contributed by atoms with Gasteiger partial charge in [-0.2, -0.15) is 0 Å². The molecule has 0 radical (unpaired) electrons. The van der Waals surface area contributed by atoms with Crippen molar-refractivity contribution in [1.82, 2.24) is 5.32 Å². The molecule has 1 saturated carbocycles. The fraction of sp³-hybridized carbons (Fsp3) is 0.647. The van der Waals surface area contributed by atoms with Crippen LogP contribution in [0.3, 0.4) is 0 Å². The fourth-order valence-corrected chi connectivity index (χ4v) is 2.64. The van der Waals surface area contributed by atoms with E-state index >= 15 is 0 Å². The van der Waals surface area contributed by atoms with Crippen LogP contribution >= 0.6 is 0 Å². The SMILES string of the molecule is Cc1ccc(OC2CCCCC2)c(CNC(C)C)c1. The average molecular weight is 261 g/mol. The molecule has 0 unspecified atom stereocenters. The number of hydrogen-bond acceptors (Lipinski definition) is 2. The maximum absolute atomic E-state index is 6.23. The standard InChI is InChI=1S/C17H27NO/c1-13(2)18-12-15-11-14(3)9-10-17(15)19-16-7-5-4-6-8-16/h9-11,13,16,18H,4-8,12H2,1-3H3. The van der Waals surface area contributed by atoms with Crippen molar-refractivity contribution >= 4 is 0 Å². The molecule has 106 valence electrons. The van der Waals surface area contributed by atoms with Crippen molar-refractivity contribution in [1.29, 1.82) is 0 Å². The third-order valence-electron chi connectivity index (χ3n) is 3.76. The summed E-state index contributed by atoms with van der Waals surface area (Å²) >= 11 is 0. The molecule has 2 rings (SSSR count). The molecule has 1 aromatic rings. The predicted molar refractivity (Wildman–Crippen MR) is 80.7 cm³/mol. The summed E-state index contributed by atoms with van der Waals surface area (Å²) in [6, 6.07) is 7.04. The molecule has 1 N–H and O–H groups in total. The molecule has 1 aromatic carbocycles. The van der Waals surface area contributed by atoms with Gasteiger partial charge in [0.1, 0.15) is 5.75 Å². The Balaban J connectivity index is 2.04. The Morgan fingerprint density at radius 1 is 1.21 bits per heavy atom. The number of rotatable bonds is 5. The number of nitrogens with one attached hydrogen (secondary N) is 1. The highest BCUT2D eigenvalue weighted by atomic mass is 16.5. The quantitative estimate of drug-likeness (QED) is 0.857. The van der Waals surface area contributed by atoms with Gasteiger partial charge in [-0.15, -0.1) is 0 Å². The van der Waals surface area contributed by atoms with E-state index in [1.165, 1.54) is 43.2 Å². The molecule has 0 bridgehead atoms. The van der Waals surface area contributed by atoms with Crippen LogP contribution in [0.2, 0.25) is 0 Å². The van der Waals surface area contributed by atoms with Gasteiger partial charge >= 0.3 is 0 Å². The minimum Gasteiger partial charge on any atom is -0.490 e. The van der Waals surface area contributed by atoms with E-state index < -0.39 is 0 Å². The summed E-state index contributed by atoms with van der Waals surface area (Å²) in [7, 11) is 0. The molecule has 2 heteroatoms. The van der Waals surface area contributed by atoms with Crippen LogP contribution in [-0.2, 0) is 6.54 Å². The highest BCUT2D eigenvalue weighted by Gasteiger charge is 2.16. The summed E-state index contributed by atoms with van der Waals surface area (Å²) in [6.07, 6.45) is 6.85. The molecule has 1 aliphatic carbocycles. The van der Waals surface area contributed by atoms with Crippen molar-refractivity contribution in [2.24, 2.45) is 0 Å². The highest BCUT2D eigenvalue weighted by Crippen LogP contribution is 2.26. The fourth-order valence-electron chi connectivity index (χ4n) is 2.64. The number of benzene rings is 1. The third-order valence-corrected chi connectivity index (χ3v) is 3.76. The minimum absolute atomic E-state index is 0.425. The van der Waals surface area contributed by atoms with Crippen molar-refractivity contribution in [2.45, 2.75) is 71.6 Å². The van der Waals surface area contributed by atoms with Crippen molar-refractivity contribution in [2.75, 3.05) is 0 Å². The maximum Gasteiger partial charge on any atom is 0.124 e. The molecule has 0 atom stereocenters. The number of aryl methyl sites for hydroxylation is 1. The minimum atomic E-state index is 0.425. The highest BCUT2D eigenvalue weighted by molar-refractivity contribution is 5.37. The summed E-state index contributed by atoms with van der Waals surface area (Å²) in [5.41, 5.74) is 2.59. The Hall–Kier alpha value is -1.02. The van der Waals surface area contributed by atoms with Gasteiger partial charge < -0.3 is 10.1 Å². The van der Waals surface area contributed by atoms with Crippen molar-refractivity contribution in [3.8, 4) is 5.75 Å². The molecule has 0 aliphatic heterocycles. The summed E-state index contributed by atoms with van der Waals surface area (Å²) in [5.74, 6) is 1.07. The number of hydrogen-bond donors (Lipinski definition) is 1. The normalized spacial score (nSPS) is 16.8. The van der Waals surface area contributed by atoms with Crippen molar-refractivity contribution < 1.29 is 4.74 Å². The summed E-state index contributed by atoms with van der Waals surface area (Å²) < 4.78 is 6.23. The van der Waals surface area contributed by atoms with E-state index in [1.807, 2.05) is 0 Å². The molecule has 0 saturated heterocycles. The van der Waals surface area contributed by atoms with E-state index in [0.717, 1.165) is 12.3 Å². The first kappa shape index (κ1) is 14.4. The van der Waals surface area contributed by atoms with Gasteiger partial charge in [-0.25, -0.2) is 0 Å². The zero-order valence-corrected chi connectivity index (χ0v) is 12.5. The first-order chi connectivity index (χ1) is 9.15. The Kier molecular flexibility index (Phi) is 5.26. The van der Waals surface area contributed by atoms with Gasteiger partial charge in [0.15, 0.2) is 0 Å². The Morgan fingerprint density at radius 3 is 2.63 bits per heavy atom. The first-order valence-electron chi connectivity index (χ1n) is 7.64. The molecular formula is C17H27NO. The lowest BCUT2D eigenvalue weighted by atomic mass is 9.97. The molecule has 0 amide bonds. The Morgan fingerprint density at radius 2 is 1.95 bits per heavy atom. The van der Waals surface area contributed by atoms with E-state index in [4.69, 9.17) is 4.74 Å². The van der Waals surface area contributed by atoms with Crippen molar-refractivity contribution in [3.05, 3.63) is 29.3 Å². The van der Waals surface area contributed by atoms with Gasteiger partial charge in [-0.05, 0) is 38.7 Å². The van der Waals surface area contributed by atoms with Gasteiger partial charge in [0.25, 0.3) is 0 Å². The van der Waals surface area contributed by atoms with E-state index in [-0.39, 0.29) is 0 Å². The van der Waals surface area contributed by atoms with Crippen LogP contribution in [-0.4, -0.2) is 12.1 Å². The smallest absolute Gasteiger partial charge is 0.124 e. The summed E-state index contributed by atoms with van der Waals surface area (Å²) in [4.78, 5) is 0. The van der Waals surface area contributed by atoms with Gasteiger partial charge in [-0.1, -0.05) is 38.0 Å². The molecule has 0 spiro atoms. The molecule has 19 heavy (non-hydrogen) atoms. The van der Waals surface area contributed by atoms with Crippen LogP contribution in [0, 0.1) is 6.92 Å². The van der Waals surface area contributed by atoms with Crippen LogP contribution in [0.25, 0.3) is 0 Å². The molecular weight excluding hydrogens is 234 g/mol. The van der Waals surface area contributed by atoms with Crippen LogP contribution in [0.4, 0.5) is 0 Å². The Labute approximate surface area is 117 Å². The second kappa shape index (κ2) is 6.95. The van der Waals surface area contributed by atoms with Gasteiger partial charge in [0, 0.05) is 18.2 Å². The monoisotopic (exact) mass is 261 g/mol. The van der Waals surface area contributed by atoms with E-state index in [1.54, 1.807) is 0 Å². The first-order valence-corrected chi connectivity index (χ1v) is 7.64. The topological polar surface area (TPSA) is 21.3 Å². The lowest BCUT2D eigenvalue weighted by molar-refractivity contribution is 0.153. The summed E-state index contributed by atoms with van der Waals surface area (Å²) in [5, 5.41) is 3.49. The van der Waals surface area contributed by atoms with Crippen LogP contribution in [0.15, 0.2) is 18.2 Å². The average Bonchev–Trinajstić information content (AvgIpc) is 2.40. The van der Waals surface area contributed by atoms with Crippen LogP contribution in [0.1, 0.15) is 57.1 Å². The molecule has 2 nitrogen and oxygen atoms in total. The zero-order chi connectivity index (χ0) is 13.7. The zero-order valence-electron chi connectivity index (χ0n) is 12.5.